The summed E-state index contributed by atoms with van der Waals surface area (Å²) in [5.74, 6) is 2.42. The fourth-order valence-corrected chi connectivity index (χ4v) is 2.60. The molecule has 3 heterocycles. The van der Waals surface area contributed by atoms with E-state index in [2.05, 4.69) is 22.6 Å². The number of fused-ring (bicyclic) bond motifs is 1. The van der Waals surface area contributed by atoms with Crippen LogP contribution in [0.1, 0.15) is 29.8 Å². The number of hydrogen-bond donors (Lipinski definition) is 1. The molecule has 0 saturated heterocycles. The maximum Gasteiger partial charge on any atom is 0.117 e. The first kappa shape index (κ1) is 14.3. The lowest BCUT2D eigenvalue weighted by atomic mass is 10.1. The van der Waals surface area contributed by atoms with E-state index < -0.39 is 0 Å². The minimum atomic E-state index is 0.396. The van der Waals surface area contributed by atoms with E-state index in [4.69, 9.17) is 9.15 Å². The predicted octanol–water partition coefficient (Wildman–Crippen LogP) is 1.68. The number of furan rings is 1. The molecule has 0 aliphatic carbocycles. The van der Waals surface area contributed by atoms with Crippen LogP contribution in [0.15, 0.2) is 16.5 Å². The van der Waals surface area contributed by atoms with E-state index >= 15 is 0 Å². The fourth-order valence-electron chi connectivity index (χ4n) is 2.60. The number of aryl methyl sites for hydroxylation is 2. The second-order valence-corrected chi connectivity index (χ2v) is 5.54. The van der Waals surface area contributed by atoms with Gasteiger partial charge in [0.15, 0.2) is 0 Å². The summed E-state index contributed by atoms with van der Waals surface area (Å²) in [6.07, 6.45) is 0.935. The molecular formula is C15H22N4O2. The number of rotatable bonds is 5. The maximum absolute atomic E-state index is 5.73. The van der Waals surface area contributed by atoms with Crippen molar-refractivity contribution in [2.75, 3.05) is 13.2 Å². The van der Waals surface area contributed by atoms with Crippen LogP contribution in [0.2, 0.25) is 0 Å². The Morgan fingerprint density at radius 2 is 2.24 bits per heavy atom. The van der Waals surface area contributed by atoms with Gasteiger partial charge in [-0.3, -0.25) is 0 Å². The first-order chi connectivity index (χ1) is 10.3. The standard InChI is InChI=1S/C15H22N4O2/c1-3-13-4-5-14(21-13)7-16-6-12-8-19-15(10-20-9-12)11(2)17-18-19/h4-5,12,16H,3,6-10H2,1-2H3/t12-/m1/s1. The highest BCUT2D eigenvalue weighted by Crippen LogP contribution is 2.14. The van der Waals surface area contributed by atoms with E-state index in [-0.39, 0.29) is 0 Å². The molecule has 1 N–H and O–H groups in total. The van der Waals surface area contributed by atoms with Crippen LogP contribution in [-0.2, 0) is 30.9 Å². The Labute approximate surface area is 124 Å². The quantitative estimate of drug-likeness (QED) is 0.907. The van der Waals surface area contributed by atoms with Gasteiger partial charge in [-0.2, -0.15) is 0 Å². The van der Waals surface area contributed by atoms with Crippen molar-refractivity contribution in [1.82, 2.24) is 20.3 Å². The number of nitrogens with zero attached hydrogens (tertiary/aromatic N) is 3. The van der Waals surface area contributed by atoms with Gasteiger partial charge in [0, 0.05) is 25.4 Å². The van der Waals surface area contributed by atoms with E-state index in [1.54, 1.807) is 0 Å². The molecule has 0 radical (unpaired) electrons. The average molecular weight is 290 g/mol. The molecule has 114 valence electrons. The first-order valence-corrected chi connectivity index (χ1v) is 7.51. The molecule has 0 spiro atoms. The Hall–Kier alpha value is -1.66. The molecular weight excluding hydrogens is 268 g/mol. The summed E-state index contributed by atoms with van der Waals surface area (Å²) < 4.78 is 13.4. The second-order valence-electron chi connectivity index (χ2n) is 5.54. The Balaban J connectivity index is 1.51. The first-order valence-electron chi connectivity index (χ1n) is 7.51. The molecule has 6 heteroatoms. The molecule has 1 atom stereocenters. The van der Waals surface area contributed by atoms with E-state index in [9.17, 15) is 0 Å². The Morgan fingerprint density at radius 1 is 1.38 bits per heavy atom. The summed E-state index contributed by atoms with van der Waals surface area (Å²) in [5, 5.41) is 11.7. The summed E-state index contributed by atoms with van der Waals surface area (Å²) in [4.78, 5) is 0. The van der Waals surface area contributed by atoms with Crippen LogP contribution in [0.4, 0.5) is 0 Å². The topological polar surface area (TPSA) is 65.1 Å². The highest BCUT2D eigenvalue weighted by atomic mass is 16.5. The monoisotopic (exact) mass is 290 g/mol. The van der Waals surface area contributed by atoms with Crippen molar-refractivity contribution in [3.05, 3.63) is 35.0 Å². The molecule has 0 bridgehead atoms. The fraction of sp³-hybridized carbons (Fsp3) is 0.600. The molecule has 0 unspecified atom stereocenters. The smallest absolute Gasteiger partial charge is 0.117 e. The van der Waals surface area contributed by atoms with Gasteiger partial charge in [0.2, 0.25) is 0 Å². The Kier molecular flexibility index (Phi) is 4.36. The second kappa shape index (κ2) is 6.41. The normalized spacial score (nSPS) is 18.5. The molecule has 0 saturated carbocycles. The van der Waals surface area contributed by atoms with Crippen molar-refractivity contribution < 1.29 is 9.15 Å². The third-order valence-electron chi connectivity index (χ3n) is 3.85. The predicted molar refractivity (Wildman–Crippen MR) is 77.7 cm³/mol. The molecule has 2 aromatic heterocycles. The van der Waals surface area contributed by atoms with Gasteiger partial charge in [-0.15, -0.1) is 5.10 Å². The molecule has 1 aliphatic rings. The minimum absolute atomic E-state index is 0.396. The molecule has 3 rings (SSSR count). The van der Waals surface area contributed by atoms with Gasteiger partial charge in [0.25, 0.3) is 0 Å². The van der Waals surface area contributed by atoms with Crippen LogP contribution in [-0.4, -0.2) is 28.1 Å². The van der Waals surface area contributed by atoms with Gasteiger partial charge >= 0.3 is 0 Å². The van der Waals surface area contributed by atoms with Crippen molar-refractivity contribution in [3.8, 4) is 0 Å². The molecule has 1 aliphatic heterocycles. The van der Waals surface area contributed by atoms with Crippen LogP contribution in [0.25, 0.3) is 0 Å². The molecule has 6 nitrogen and oxygen atoms in total. The van der Waals surface area contributed by atoms with Gasteiger partial charge in [-0.25, -0.2) is 4.68 Å². The molecule has 21 heavy (non-hydrogen) atoms. The highest BCUT2D eigenvalue weighted by Gasteiger charge is 2.19. The van der Waals surface area contributed by atoms with E-state index in [0.29, 0.717) is 12.5 Å². The zero-order valence-corrected chi connectivity index (χ0v) is 12.6. The van der Waals surface area contributed by atoms with Crippen LogP contribution < -0.4 is 5.32 Å². The molecule has 0 amide bonds. The van der Waals surface area contributed by atoms with E-state index in [1.807, 2.05) is 23.7 Å². The summed E-state index contributed by atoms with van der Waals surface area (Å²) in [7, 11) is 0. The summed E-state index contributed by atoms with van der Waals surface area (Å²) in [6.45, 7) is 7.89. The van der Waals surface area contributed by atoms with Gasteiger partial charge in [-0.05, 0) is 19.1 Å². The van der Waals surface area contributed by atoms with Gasteiger partial charge in [0.1, 0.15) is 11.5 Å². The third kappa shape index (κ3) is 3.33. The number of hydrogen-bond acceptors (Lipinski definition) is 5. The van der Waals surface area contributed by atoms with Crippen molar-refractivity contribution in [2.45, 2.75) is 40.0 Å². The van der Waals surface area contributed by atoms with Crippen molar-refractivity contribution in [2.24, 2.45) is 5.92 Å². The molecule has 0 aromatic carbocycles. The summed E-state index contributed by atoms with van der Waals surface area (Å²) in [6, 6.07) is 4.07. The van der Waals surface area contributed by atoms with E-state index in [1.165, 1.54) is 0 Å². The van der Waals surface area contributed by atoms with Gasteiger partial charge in [-0.1, -0.05) is 12.1 Å². The lowest BCUT2D eigenvalue weighted by molar-refractivity contribution is 0.0934. The Morgan fingerprint density at radius 3 is 3.05 bits per heavy atom. The number of aromatic nitrogens is 3. The highest BCUT2D eigenvalue weighted by molar-refractivity contribution is 5.08. The van der Waals surface area contributed by atoms with Crippen LogP contribution in [0, 0.1) is 12.8 Å². The third-order valence-corrected chi connectivity index (χ3v) is 3.85. The lowest BCUT2D eigenvalue weighted by Gasteiger charge is -2.14. The van der Waals surface area contributed by atoms with Crippen molar-refractivity contribution in [1.29, 1.82) is 0 Å². The van der Waals surface area contributed by atoms with Gasteiger partial charge < -0.3 is 14.5 Å². The SMILES string of the molecule is CCc1ccc(CNC[C@H]2COCc3c(C)nnn3C2)o1. The van der Waals surface area contributed by atoms with Crippen molar-refractivity contribution in [3.63, 3.8) is 0 Å². The van der Waals surface area contributed by atoms with Crippen molar-refractivity contribution >= 4 is 0 Å². The molecule has 0 fully saturated rings. The average Bonchev–Trinajstić information content (AvgIpc) is 3.01. The van der Waals surface area contributed by atoms with Gasteiger partial charge in [0.05, 0.1) is 31.1 Å². The zero-order valence-electron chi connectivity index (χ0n) is 12.6. The number of nitrogens with one attached hydrogen (secondary N) is 1. The largest absolute Gasteiger partial charge is 0.465 e. The van der Waals surface area contributed by atoms with E-state index in [0.717, 1.165) is 55.6 Å². The van der Waals surface area contributed by atoms with Crippen LogP contribution in [0.5, 0.6) is 0 Å². The minimum Gasteiger partial charge on any atom is -0.465 e. The zero-order chi connectivity index (χ0) is 14.7. The lowest BCUT2D eigenvalue weighted by Crippen LogP contribution is -2.28. The Bertz CT molecular complexity index is 590. The molecule has 2 aromatic rings. The summed E-state index contributed by atoms with van der Waals surface area (Å²) in [5.41, 5.74) is 2.06. The summed E-state index contributed by atoms with van der Waals surface area (Å²) >= 11 is 0. The number of ether oxygens (including phenoxy) is 1. The van der Waals surface area contributed by atoms with Crippen LogP contribution in [0.3, 0.4) is 0 Å². The van der Waals surface area contributed by atoms with Crippen LogP contribution >= 0.6 is 0 Å². The maximum atomic E-state index is 5.73.